The maximum Gasteiger partial charge on any atom is 0.261 e. The van der Waals surface area contributed by atoms with Gasteiger partial charge in [0.25, 0.3) is 5.91 Å². The van der Waals surface area contributed by atoms with Gasteiger partial charge in [0.15, 0.2) is 5.75 Å². The molecule has 1 fully saturated rings. The molecule has 1 saturated carbocycles. The summed E-state index contributed by atoms with van der Waals surface area (Å²) in [4.78, 5) is 11.7. The summed E-state index contributed by atoms with van der Waals surface area (Å²) in [5.41, 5.74) is 11.6. The third-order valence-corrected chi connectivity index (χ3v) is 4.65. The van der Waals surface area contributed by atoms with Crippen LogP contribution in [0.1, 0.15) is 48.2 Å². The van der Waals surface area contributed by atoms with Crippen LogP contribution in [0.5, 0.6) is 5.75 Å². The first kappa shape index (κ1) is 14.0. The van der Waals surface area contributed by atoms with Crippen molar-refractivity contribution < 1.29 is 9.53 Å². The summed E-state index contributed by atoms with van der Waals surface area (Å²) in [5, 5.41) is 4.28. The Morgan fingerprint density at radius 1 is 1.32 bits per heavy atom. The molecule has 2 rings (SSSR count). The van der Waals surface area contributed by atoms with E-state index in [1.54, 1.807) is 7.11 Å². The molecule has 1 aliphatic carbocycles. The predicted octanol–water partition coefficient (Wildman–Crippen LogP) is 2.57. The number of hydrogen-bond acceptors (Lipinski definition) is 5. The van der Waals surface area contributed by atoms with Crippen molar-refractivity contribution in [1.82, 2.24) is 0 Å². The number of carbonyl (C=O) groups is 1. The molecule has 0 unspecified atom stereocenters. The largest absolute Gasteiger partial charge is 0.492 e. The molecule has 0 saturated heterocycles. The van der Waals surface area contributed by atoms with Gasteiger partial charge in [-0.05, 0) is 12.8 Å². The fourth-order valence-corrected chi connectivity index (χ4v) is 3.54. The van der Waals surface area contributed by atoms with Gasteiger partial charge in [-0.2, -0.15) is 0 Å². The zero-order valence-electron chi connectivity index (χ0n) is 11.2. The molecule has 106 valence electrons. The Morgan fingerprint density at radius 3 is 2.47 bits per heavy atom. The summed E-state index contributed by atoms with van der Waals surface area (Å²) in [6.07, 6.45) is 7.37. The Hall–Kier alpha value is -1.43. The monoisotopic (exact) mass is 283 g/mol. The van der Waals surface area contributed by atoms with Crippen molar-refractivity contribution in [3.63, 3.8) is 0 Å². The molecule has 1 aromatic rings. The Labute approximate surface area is 117 Å². The Bertz CT molecular complexity index is 451. The van der Waals surface area contributed by atoms with Crippen molar-refractivity contribution in [3.05, 3.63) is 4.88 Å². The summed E-state index contributed by atoms with van der Waals surface area (Å²) in [6.45, 7) is 0. The number of thiophene rings is 1. The SMILES string of the molecule is COc1c(NC2CCCCCC2)sc(C(N)=O)c1N. The zero-order chi connectivity index (χ0) is 13.8. The molecular weight excluding hydrogens is 262 g/mol. The van der Waals surface area contributed by atoms with Gasteiger partial charge < -0.3 is 21.5 Å². The van der Waals surface area contributed by atoms with E-state index >= 15 is 0 Å². The van der Waals surface area contributed by atoms with Crippen molar-refractivity contribution >= 4 is 27.9 Å². The summed E-state index contributed by atoms with van der Waals surface area (Å²) < 4.78 is 5.29. The summed E-state index contributed by atoms with van der Waals surface area (Å²) in [6, 6.07) is 0.426. The Balaban J connectivity index is 2.18. The van der Waals surface area contributed by atoms with E-state index in [2.05, 4.69) is 5.32 Å². The number of nitrogen functional groups attached to an aromatic ring is 1. The number of rotatable bonds is 4. The molecule has 19 heavy (non-hydrogen) atoms. The fourth-order valence-electron chi connectivity index (χ4n) is 2.52. The maximum absolute atomic E-state index is 11.3. The molecule has 0 aromatic carbocycles. The van der Waals surface area contributed by atoms with Crippen molar-refractivity contribution in [1.29, 1.82) is 0 Å². The second kappa shape index (κ2) is 6.14. The van der Waals surface area contributed by atoms with Crippen LogP contribution in [0.15, 0.2) is 0 Å². The zero-order valence-corrected chi connectivity index (χ0v) is 12.0. The predicted molar refractivity (Wildman–Crippen MR) is 78.9 cm³/mol. The van der Waals surface area contributed by atoms with E-state index in [0.29, 0.717) is 22.4 Å². The quantitative estimate of drug-likeness (QED) is 0.741. The van der Waals surface area contributed by atoms with Crippen LogP contribution >= 0.6 is 11.3 Å². The van der Waals surface area contributed by atoms with Gasteiger partial charge in [0.1, 0.15) is 15.6 Å². The highest BCUT2D eigenvalue weighted by molar-refractivity contribution is 7.19. The van der Waals surface area contributed by atoms with E-state index in [0.717, 1.165) is 17.8 Å². The fraction of sp³-hybridized carbons (Fsp3) is 0.615. The first-order chi connectivity index (χ1) is 9.13. The highest BCUT2D eigenvalue weighted by Crippen LogP contribution is 2.43. The van der Waals surface area contributed by atoms with Gasteiger partial charge in [0.05, 0.1) is 7.11 Å². The van der Waals surface area contributed by atoms with Crippen molar-refractivity contribution in [2.45, 2.75) is 44.6 Å². The second-order valence-corrected chi connectivity index (χ2v) is 5.92. The molecule has 0 bridgehead atoms. The van der Waals surface area contributed by atoms with Gasteiger partial charge in [-0.1, -0.05) is 25.7 Å². The van der Waals surface area contributed by atoms with Crippen LogP contribution in [0, 0.1) is 0 Å². The minimum atomic E-state index is -0.505. The number of nitrogens with two attached hydrogens (primary N) is 2. The van der Waals surface area contributed by atoms with Crippen molar-refractivity contribution in [2.75, 3.05) is 18.2 Å². The highest BCUT2D eigenvalue weighted by Gasteiger charge is 2.22. The standard InChI is InChI=1S/C13H21N3O2S/c1-18-10-9(14)11(12(15)17)19-13(10)16-8-6-4-2-3-5-7-8/h8,16H,2-7,14H2,1H3,(H2,15,17). The van der Waals surface area contributed by atoms with E-state index in [1.165, 1.54) is 37.0 Å². The summed E-state index contributed by atoms with van der Waals surface area (Å²) in [7, 11) is 1.56. The van der Waals surface area contributed by atoms with Crippen LogP contribution in [0.3, 0.4) is 0 Å². The molecule has 0 atom stereocenters. The smallest absolute Gasteiger partial charge is 0.261 e. The van der Waals surface area contributed by atoms with Crippen LogP contribution < -0.4 is 21.5 Å². The maximum atomic E-state index is 11.3. The van der Waals surface area contributed by atoms with Gasteiger partial charge in [-0.3, -0.25) is 4.79 Å². The molecule has 1 amide bonds. The van der Waals surface area contributed by atoms with E-state index in [4.69, 9.17) is 16.2 Å². The molecule has 1 heterocycles. The third-order valence-electron chi connectivity index (χ3n) is 3.52. The van der Waals surface area contributed by atoms with Gasteiger partial charge >= 0.3 is 0 Å². The average Bonchev–Trinajstić information content (AvgIpc) is 2.55. The molecule has 1 aromatic heterocycles. The Kier molecular flexibility index (Phi) is 4.52. The van der Waals surface area contributed by atoms with E-state index in [9.17, 15) is 4.79 Å². The van der Waals surface area contributed by atoms with Crippen LogP contribution in [0.4, 0.5) is 10.7 Å². The number of anilines is 2. The average molecular weight is 283 g/mol. The van der Waals surface area contributed by atoms with E-state index in [-0.39, 0.29) is 0 Å². The lowest BCUT2D eigenvalue weighted by Crippen LogP contribution is -2.17. The molecule has 5 nitrogen and oxygen atoms in total. The molecule has 0 aliphatic heterocycles. The molecule has 6 heteroatoms. The van der Waals surface area contributed by atoms with Crippen LogP contribution in [0.2, 0.25) is 0 Å². The van der Waals surface area contributed by atoms with Crippen LogP contribution in [-0.2, 0) is 0 Å². The lowest BCUT2D eigenvalue weighted by Gasteiger charge is -2.17. The van der Waals surface area contributed by atoms with Crippen molar-refractivity contribution in [3.8, 4) is 5.75 Å². The normalized spacial score (nSPS) is 16.9. The summed E-state index contributed by atoms with van der Waals surface area (Å²) in [5.74, 6) is 0.0396. The number of hydrogen-bond donors (Lipinski definition) is 3. The van der Waals surface area contributed by atoms with Crippen LogP contribution in [-0.4, -0.2) is 19.1 Å². The van der Waals surface area contributed by atoms with Crippen LogP contribution in [0.25, 0.3) is 0 Å². The van der Waals surface area contributed by atoms with Gasteiger partial charge in [0.2, 0.25) is 0 Å². The second-order valence-electron chi connectivity index (χ2n) is 4.90. The summed E-state index contributed by atoms with van der Waals surface area (Å²) >= 11 is 1.28. The number of primary amides is 1. The van der Waals surface area contributed by atoms with E-state index < -0.39 is 5.91 Å². The highest BCUT2D eigenvalue weighted by atomic mass is 32.1. The molecular formula is C13H21N3O2S. The first-order valence-electron chi connectivity index (χ1n) is 6.66. The first-order valence-corrected chi connectivity index (χ1v) is 7.47. The minimum Gasteiger partial charge on any atom is -0.492 e. The Morgan fingerprint density at radius 2 is 1.95 bits per heavy atom. The van der Waals surface area contributed by atoms with Gasteiger partial charge in [0, 0.05) is 6.04 Å². The van der Waals surface area contributed by atoms with E-state index in [1.807, 2.05) is 0 Å². The number of ether oxygens (including phenoxy) is 1. The number of nitrogens with one attached hydrogen (secondary N) is 1. The van der Waals surface area contributed by atoms with Gasteiger partial charge in [-0.15, -0.1) is 11.3 Å². The molecule has 1 aliphatic rings. The third kappa shape index (κ3) is 3.12. The lowest BCUT2D eigenvalue weighted by molar-refractivity contribution is 0.100. The van der Waals surface area contributed by atoms with Crippen molar-refractivity contribution in [2.24, 2.45) is 5.73 Å². The van der Waals surface area contributed by atoms with Gasteiger partial charge in [-0.25, -0.2) is 0 Å². The lowest BCUT2D eigenvalue weighted by atomic mass is 10.1. The molecule has 5 N–H and O–H groups in total. The topological polar surface area (TPSA) is 90.4 Å². The number of amides is 1. The minimum absolute atomic E-state index is 0.344. The molecule has 0 radical (unpaired) electrons. The number of carbonyl (C=O) groups excluding carboxylic acids is 1. The molecule has 0 spiro atoms. The number of methoxy groups -OCH3 is 1.